The van der Waals surface area contributed by atoms with Gasteiger partial charge in [-0.15, -0.1) is 0 Å². The maximum Gasteiger partial charge on any atom is 0.189 e. The number of aromatic nitrogens is 2. The van der Waals surface area contributed by atoms with Gasteiger partial charge in [-0.05, 0) is 12.1 Å². The molecule has 4 nitrogen and oxygen atoms in total. The minimum Gasteiger partial charge on any atom is -0.354 e. The standard InChI is InChI=1S/C12H14FN3O/c1-8(2)14-5-9-6-16-17-12(9)11-4-3-10(13)7-15-11/h3-4,6-8,14H,5H2,1-2H3. The fraction of sp³-hybridized carbons (Fsp3) is 0.333. The molecule has 0 radical (unpaired) electrons. The molecule has 0 aromatic carbocycles. The van der Waals surface area contributed by atoms with Crippen molar-refractivity contribution in [2.75, 3.05) is 0 Å². The lowest BCUT2D eigenvalue weighted by Crippen LogP contribution is -2.21. The Kier molecular flexibility index (Phi) is 3.49. The number of pyridine rings is 1. The molecule has 2 heterocycles. The van der Waals surface area contributed by atoms with Crippen LogP contribution in [0.3, 0.4) is 0 Å². The molecule has 0 saturated carbocycles. The molecule has 0 unspecified atom stereocenters. The summed E-state index contributed by atoms with van der Waals surface area (Å²) in [5, 5.41) is 7.02. The summed E-state index contributed by atoms with van der Waals surface area (Å²) >= 11 is 0. The van der Waals surface area contributed by atoms with E-state index in [-0.39, 0.29) is 5.82 Å². The first kappa shape index (κ1) is 11.7. The van der Waals surface area contributed by atoms with E-state index >= 15 is 0 Å². The predicted molar refractivity (Wildman–Crippen MR) is 61.7 cm³/mol. The number of hydrogen-bond donors (Lipinski definition) is 1. The van der Waals surface area contributed by atoms with Crippen molar-refractivity contribution < 1.29 is 8.91 Å². The highest BCUT2D eigenvalue weighted by Gasteiger charge is 2.12. The van der Waals surface area contributed by atoms with Crippen molar-refractivity contribution in [2.45, 2.75) is 26.4 Å². The number of hydrogen-bond acceptors (Lipinski definition) is 4. The normalized spacial score (nSPS) is 11.1. The van der Waals surface area contributed by atoms with Gasteiger partial charge in [-0.3, -0.25) is 0 Å². The van der Waals surface area contributed by atoms with E-state index in [9.17, 15) is 4.39 Å². The second kappa shape index (κ2) is 5.05. The van der Waals surface area contributed by atoms with E-state index in [1.807, 2.05) is 0 Å². The van der Waals surface area contributed by atoms with Crippen LogP contribution < -0.4 is 5.32 Å². The summed E-state index contributed by atoms with van der Waals surface area (Å²) in [6, 6.07) is 3.30. The number of halogens is 1. The van der Waals surface area contributed by atoms with Crippen molar-refractivity contribution in [3.63, 3.8) is 0 Å². The highest BCUT2D eigenvalue weighted by molar-refractivity contribution is 5.55. The van der Waals surface area contributed by atoms with Gasteiger partial charge >= 0.3 is 0 Å². The van der Waals surface area contributed by atoms with Crippen LogP contribution in [0.4, 0.5) is 4.39 Å². The summed E-state index contributed by atoms with van der Waals surface area (Å²) in [5.41, 5.74) is 1.50. The van der Waals surface area contributed by atoms with Crippen molar-refractivity contribution in [1.82, 2.24) is 15.5 Å². The molecule has 90 valence electrons. The molecule has 0 fully saturated rings. The van der Waals surface area contributed by atoms with Gasteiger partial charge in [0, 0.05) is 18.2 Å². The molecule has 2 rings (SSSR count). The smallest absolute Gasteiger partial charge is 0.189 e. The summed E-state index contributed by atoms with van der Waals surface area (Å²) in [7, 11) is 0. The average Bonchev–Trinajstić information content (AvgIpc) is 2.75. The number of rotatable bonds is 4. The van der Waals surface area contributed by atoms with E-state index in [1.54, 1.807) is 12.3 Å². The molecule has 0 atom stereocenters. The highest BCUT2D eigenvalue weighted by Crippen LogP contribution is 2.21. The minimum atomic E-state index is -0.366. The van der Waals surface area contributed by atoms with E-state index in [0.717, 1.165) is 11.8 Å². The maximum absolute atomic E-state index is 12.8. The molecule has 5 heteroatoms. The van der Waals surface area contributed by atoms with Gasteiger partial charge in [0.25, 0.3) is 0 Å². The van der Waals surface area contributed by atoms with Gasteiger partial charge < -0.3 is 9.84 Å². The average molecular weight is 235 g/mol. The zero-order chi connectivity index (χ0) is 12.3. The molecular formula is C12H14FN3O. The van der Waals surface area contributed by atoms with Crippen LogP contribution in [-0.2, 0) is 6.54 Å². The topological polar surface area (TPSA) is 51.0 Å². The highest BCUT2D eigenvalue weighted by atomic mass is 19.1. The monoisotopic (exact) mass is 235 g/mol. The van der Waals surface area contributed by atoms with Crippen LogP contribution in [0.5, 0.6) is 0 Å². The molecule has 0 saturated heterocycles. The molecule has 0 spiro atoms. The lowest BCUT2D eigenvalue weighted by atomic mass is 10.2. The first-order valence-corrected chi connectivity index (χ1v) is 5.45. The summed E-state index contributed by atoms with van der Waals surface area (Å²) in [4.78, 5) is 3.97. The fourth-order valence-electron chi connectivity index (χ4n) is 1.42. The Hall–Kier alpha value is -1.75. The quantitative estimate of drug-likeness (QED) is 0.883. The summed E-state index contributed by atoms with van der Waals surface area (Å²) in [5.74, 6) is 0.216. The van der Waals surface area contributed by atoms with Crippen molar-refractivity contribution in [3.05, 3.63) is 35.9 Å². The summed E-state index contributed by atoms with van der Waals surface area (Å²) in [6.45, 7) is 4.77. The zero-order valence-electron chi connectivity index (χ0n) is 9.77. The van der Waals surface area contributed by atoms with E-state index in [4.69, 9.17) is 4.52 Å². The van der Waals surface area contributed by atoms with Gasteiger partial charge in [-0.1, -0.05) is 19.0 Å². The molecule has 0 aliphatic heterocycles. The van der Waals surface area contributed by atoms with Gasteiger partial charge in [-0.2, -0.15) is 0 Å². The van der Waals surface area contributed by atoms with Crippen LogP contribution in [0.15, 0.2) is 29.0 Å². The van der Waals surface area contributed by atoms with Crippen molar-refractivity contribution in [3.8, 4) is 11.5 Å². The van der Waals surface area contributed by atoms with Crippen molar-refractivity contribution in [1.29, 1.82) is 0 Å². The van der Waals surface area contributed by atoms with Crippen LogP contribution in [0.1, 0.15) is 19.4 Å². The zero-order valence-corrected chi connectivity index (χ0v) is 9.77. The van der Waals surface area contributed by atoms with E-state index in [0.29, 0.717) is 24.0 Å². The second-order valence-electron chi connectivity index (χ2n) is 4.08. The van der Waals surface area contributed by atoms with Crippen LogP contribution in [0, 0.1) is 5.82 Å². The molecule has 0 bridgehead atoms. The number of nitrogens with zero attached hydrogens (tertiary/aromatic N) is 2. The SMILES string of the molecule is CC(C)NCc1cnoc1-c1ccc(F)cn1. The van der Waals surface area contributed by atoms with Gasteiger partial charge in [0.1, 0.15) is 11.5 Å². The predicted octanol–water partition coefficient (Wildman–Crippen LogP) is 2.37. The van der Waals surface area contributed by atoms with E-state index < -0.39 is 0 Å². The Labute approximate surface area is 98.8 Å². The lowest BCUT2D eigenvalue weighted by molar-refractivity contribution is 0.429. The largest absolute Gasteiger partial charge is 0.354 e. The Morgan fingerprint density at radius 1 is 1.35 bits per heavy atom. The fourth-order valence-corrected chi connectivity index (χ4v) is 1.42. The van der Waals surface area contributed by atoms with Gasteiger partial charge in [0.2, 0.25) is 0 Å². The molecule has 0 aliphatic carbocycles. The number of nitrogens with one attached hydrogen (secondary N) is 1. The third-order valence-electron chi connectivity index (χ3n) is 2.30. The van der Waals surface area contributed by atoms with E-state index in [2.05, 4.69) is 29.3 Å². The first-order valence-electron chi connectivity index (χ1n) is 5.45. The van der Waals surface area contributed by atoms with Crippen molar-refractivity contribution >= 4 is 0 Å². The maximum atomic E-state index is 12.8. The van der Waals surface area contributed by atoms with Crippen LogP contribution >= 0.6 is 0 Å². The van der Waals surface area contributed by atoms with Gasteiger partial charge in [-0.25, -0.2) is 9.37 Å². The summed E-state index contributed by atoms with van der Waals surface area (Å²) in [6.07, 6.45) is 2.81. The lowest BCUT2D eigenvalue weighted by Gasteiger charge is -2.06. The van der Waals surface area contributed by atoms with Crippen LogP contribution in [0.2, 0.25) is 0 Å². The van der Waals surface area contributed by atoms with Crippen molar-refractivity contribution in [2.24, 2.45) is 0 Å². The van der Waals surface area contributed by atoms with Crippen LogP contribution in [0.25, 0.3) is 11.5 Å². The minimum absolute atomic E-state index is 0.366. The third kappa shape index (κ3) is 2.88. The van der Waals surface area contributed by atoms with Gasteiger partial charge in [0.05, 0.1) is 12.4 Å². The molecule has 0 aliphatic rings. The Morgan fingerprint density at radius 2 is 2.18 bits per heavy atom. The second-order valence-corrected chi connectivity index (χ2v) is 4.08. The molecule has 1 N–H and O–H groups in total. The van der Waals surface area contributed by atoms with Crippen LogP contribution in [-0.4, -0.2) is 16.2 Å². The van der Waals surface area contributed by atoms with Gasteiger partial charge in [0.15, 0.2) is 5.76 Å². The Balaban J connectivity index is 2.21. The third-order valence-corrected chi connectivity index (χ3v) is 2.30. The summed E-state index contributed by atoms with van der Waals surface area (Å²) < 4.78 is 17.9. The molecule has 0 amide bonds. The molecular weight excluding hydrogens is 221 g/mol. The Morgan fingerprint density at radius 3 is 2.82 bits per heavy atom. The Bertz CT molecular complexity index is 479. The molecule has 2 aromatic rings. The van der Waals surface area contributed by atoms with E-state index in [1.165, 1.54) is 6.07 Å². The molecule has 17 heavy (non-hydrogen) atoms. The first-order chi connectivity index (χ1) is 8.16. The molecule has 2 aromatic heterocycles.